The molecule has 0 heterocycles. The number of rotatable bonds is 3. The quantitative estimate of drug-likeness (QED) is 0.584. The lowest BCUT2D eigenvalue weighted by Gasteiger charge is -2.14. The fraction of sp³-hybridized carbons (Fsp3) is 0.222. The van der Waals surface area contributed by atoms with E-state index < -0.39 is 8.07 Å². The van der Waals surface area contributed by atoms with Gasteiger partial charge in [0, 0.05) is 6.42 Å². The fourth-order valence-corrected chi connectivity index (χ4v) is 3.80. The van der Waals surface area contributed by atoms with Crippen molar-refractivity contribution in [2.45, 2.75) is 25.9 Å². The monoisotopic (exact) mass is 264 g/mol. The minimum absolute atomic E-state index is 0.952. The molecule has 0 atom stereocenters. The van der Waals surface area contributed by atoms with Crippen molar-refractivity contribution in [1.29, 1.82) is 0 Å². The summed E-state index contributed by atoms with van der Waals surface area (Å²) in [5, 5.41) is 1.42. The lowest BCUT2D eigenvalue weighted by atomic mass is 10.1. The zero-order valence-electron chi connectivity index (χ0n) is 11.7. The Bertz CT molecular complexity index is 559. The predicted molar refractivity (Wildman–Crippen MR) is 86.1 cm³/mol. The van der Waals surface area contributed by atoms with Gasteiger partial charge in [-0.25, -0.2) is 0 Å². The third-order valence-corrected chi connectivity index (χ3v) is 5.86. The molecule has 0 bridgehead atoms. The maximum absolute atomic E-state index is 3.53. The van der Waals surface area contributed by atoms with Gasteiger partial charge in [0.15, 0.2) is 8.07 Å². The molecule has 0 saturated heterocycles. The summed E-state index contributed by atoms with van der Waals surface area (Å²) >= 11 is 0. The van der Waals surface area contributed by atoms with E-state index in [1.165, 1.54) is 10.8 Å². The first kappa shape index (κ1) is 13.6. The van der Waals surface area contributed by atoms with Gasteiger partial charge in [0.05, 0.1) is 0 Å². The van der Waals surface area contributed by atoms with E-state index in [0.717, 1.165) is 12.8 Å². The minimum atomic E-state index is -1.58. The maximum Gasteiger partial charge on any atom is 0.162 e. The molecule has 0 aromatic heterocycles. The molecule has 0 spiro atoms. The largest absolute Gasteiger partial charge is 0.162 e. The predicted octanol–water partition coefficient (Wildman–Crippen LogP) is 3.78. The van der Waals surface area contributed by atoms with Crippen LogP contribution in [0.3, 0.4) is 0 Å². The number of aryl methyl sites for hydroxylation is 1. The lowest BCUT2D eigenvalue weighted by Crippen LogP contribution is -2.39. The molecule has 0 N–H and O–H groups in total. The maximum atomic E-state index is 3.53. The highest BCUT2D eigenvalue weighted by atomic mass is 28.3. The van der Waals surface area contributed by atoms with Crippen LogP contribution >= 0.6 is 0 Å². The van der Waals surface area contributed by atoms with Crippen LogP contribution in [0.25, 0.3) is 0 Å². The second-order valence-electron chi connectivity index (χ2n) is 5.28. The van der Waals surface area contributed by atoms with Crippen molar-refractivity contribution in [3.63, 3.8) is 0 Å². The molecule has 2 rings (SSSR count). The topological polar surface area (TPSA) is 0 Å². The molecule has 0 saturated carbocycles. The van der Waals surface area contributed by atoms with Crippen molar-refractivity contribution in [3.8, 4) is 11.5 Å². The van der Waals surface area contributed by atoms with Gasteiger partial charge in [0.1, 0.15) is 0 Å². The number of benzene rings is 2. The first-order valence-electron chi connectivity index (χ1n) is 6.78. The molecule has 0 nitrogen and oxygen atoms in total. The molecule has 0 amide bonds. The molecule has 19 heavy (non-hydrogen) atoms. The van der Waals surface area contributed by atoms with E-state index in [2.05, 4.69) is 85.2 Å². The smallest absolute Gasteiger partial charge is 0.126 e. The van der Waals surface area contributed by atoms with Crippen LogP contribution < -0.4 is 5.19 Å². The Balaban J connectivity index is 1.96. The van der Waals surface area contributed by atoms with E-state index in [9.17, 15) is 0 Å². The molecule has 0 unspecified atom stereocenters. The Morgan fingerprint density at radius 1 is 0.842 bits per heavy atom. The van der Waals surface area contributed by atoms with Gasteiger partial charge in [-0.05, 0) is 17.2 Å². The van der Waals surface area contributed by atoms with Crippen molar-refractivity contribution < 1.29 is 0 Å². The Kier molecular flexibility index (Phi) is 4.60. The third kappa shape index (κ3) is 4.12. The summed E-state index contributed by atoms with van der Waals surface area (Å²) in [5.41, 5.74) is 4.91. The summed E-state index contributed by atoms with van der Waals surface area (Å²) in [5.74, 6) is 3.38. The highest BCUT2D eigenvalue weighted by Gasteiger charge is 2.19. The zero-order valence-corrected chi connectivity index (χ0v) is 12.7. The van der Waals surface area contributed by atoms with Crippen molar-refractivity contribution >= 4 is 13.3 Å². The van der Waals surface area contributed by atoms with Crippen LogP contribution in [0.1, 0.15) is 12.0 Å². The molecule has 0 aliphatic heterocycles. The zero-order chi connectivity index (χ0) is 13.6. The van der Waals surface area contributed by atoms with Crippen LogP contribution in [0.15, 0.2) is 60.7 Å². The lowest BCUT2D eigenvalue weighted by molar-refractivity contribution is 1.03. The normalized spacial score (nSPS) is 10.6. The summed E-state index contributed by atoms with van der Waals surface area (Å²) in [6, 6.07) is 21.3. The van der Waals surface area contributed by atoms with Gasteiger partial charge >= 0.3 is 0 Å². The summed E-state index contributed by atoms with van der Waals surface area (Å²) < 4.78 is 0. The first-order valence-corrected chi connectivity index (χ1v) is 9.78. The highest BCUT2D eigenvalue weighted by molar-refractivity contribution is 6.96. The molecule has 0 aliphatic rings. The second kappa shape index (κ2) is 6.40. The van der Waals surface area contributed by atoms with Crippen molar-refractivity contribution in [3.05, 3.63) is 66.2 Å². The van der Waals surface area contributed by atoms with Crippen LogP contribution in [0, 0.1) is 11.5 Å². The Hall–Kier alpha value is -1.78. The second-order valence-corrected chi connectivity index (χ2v) is 9.36. The highest BCUT2D eigenvalue weighted by Crippen LogP contribution is 2.04. The SMILES string of the molecule is C[Si](C)(C#CCCc1ccccc1)c1ccccc1. The van der Waals surface area contributed by atoms with E-state index in [1.54, 1.807) is 0 Å². The standard InChI is InChI=1S/C18H20Si/c1-19(2,18-14-7-4-8-15-18)16-10-9-13-17-11-5-3-6-12-17/h3-8,11-12,14-15H,9,13H2,1-2H3. The van der Waals surface area contributed by atoms with Gasteiger partial charge in [-0.15, -0.1) is 11.5 Å². The van der Waals surface area contributed by atoms with Gasteiger partial charge < -0.3 is 0 Å². The molecule has 2 aromatic carbocycles. The van der Waals surface area contributed by atoms with E-state index in [1.807, 2.05) is 0 Å². The van der Waals surface area contributed by atoms with E-state index in [4.69, 9.17) is 0 Å². The van der Waals surface area contributed by atoms with Gasteiger partial charge in [-0.1, -0.05) is 73.8 Å². The van der Waals surface area contributed by atoms with Gasteiger partial charge in [0.25, 0.3) is 0 Å². The average Bonchev–Trinajstić information content (AvgIpc) is 2.46. The summed E-state index contributed by atoms with van der Waals surface area (Å²) in [7, 11) is -1.58. The van der Waals surface area contributed by atoms with Crippen LogP contribution in [0.4, 0.5) is 0 Å². The molecule has 0 radical (unpaired) electrons. The van der Waals surface area contributed by atoms with E-state index in [0.29, 0.717) is 0 Å². The van der Waals surface area contributed by atoms with Crippen molar-refractivity contribution in [2.24, 2.45) is 0 Å². The van der Waals surface area contributed by atoms with Crippen LogP contribution in [0.2, 0.25) is 13.1 Å². The van der Waals surface area contributed by atoms with Crippen molar-refractivity contribution in [2.75, 3.05) is 0 Å². The molecular weight excluding hydrogens is 244 g/mol. The molecule has 96 valence electrons. The Morgan fingerprint density at radius 2 is 1.42 bits per heavy atom. The fourth-order valence-electron chi connectivity index (χ4n) is 2.06. The number of hydrogen-bond donors (Lipinski definition) is 0. The van der Waals surface area contributed by atoms with Crippen LogP contribution in [0.5, 0.6) is 0 Å². The molecule has 0 aliphatic carbocycles. The van der Waals surface area contributed by atoms with Gasteiger partial charge in [-0.3, -0.25) is 0 Å². The Labute approximate surface area is 117 Å². The van der Waals surface area contributed by atoms with Gasteiger partial charge in [0.2, 0.25) is 0 Å². The van der Waals surface area contributed by atoms with E-state index in [-0.39, 0.29) is 0 Å². The average molecular weight is 264 g/mol. The summed E-state index contributed by atoms with van der Waals surface area (Å²) in [6.45, 7) is 4.63. The molecule has 1 heteroatoms. The number of hydrogen-bond acceptors (Lipinski definition) is 0. The third-order valence-electron chi connectivity index (χ3n) is 3.28. The Morgan fingerprint density at radius 3 is 2.05 bits per heavy atom. The molecule has 0 fully saturated rings. The molecule has 2 aromatic rings. The van der Waals surface area contributed by atoms with Crippen molar-refractivity contribution in [1.82, 2.24) is 0 Å². The van der Waals surface area contributed by atoms with E-state index >= 15 is 0 Å². The van der Waals surface area contributed by atoms with Crippen LogP contribution in [-0.2, 0) is 6.42 Å². The minimum Gasteiger partial charge on any atom is -0.126 e. The molecular formula is C18H20Si. The summed E-state index contributed by atoms with van der Waals surface area (Å²) in [4.78, 5) is 0. The van der Waals surface area contributed by atoms with Gasteiger partial charge in [-0.2, -0.15) is 0 Å². The van der Waals surface area contributed by atoms with Crippen LogP contribution in [-0.4, -0.2) is 8.07 Å². The summed E-state index contributed by atoms with van der Waals surface area (Å²) in [6.07, 6.45) is 2.00. The first-order chi connectivity index (χ1) is 9.18.